The molecule has 0 radical (unpaired) electrons. The third-order valence-electron chi connectivity index (χ3n) is 5.07. The molecule has 0 aliphatic carbocycles. The number of benzene rings is 1. The van der Waals surface area contributed by atoms with E-state index in [1.807, 2.05) is 35.2 Å². The number of likely N-dealkylation sites (tertiary alicyclic amines) is 1. The molecular formula is C19H22ClN3O2. The van der Waals surface area contributed by atoms with Crippen molar-refractivity contribution in [3.8, 4) is 11.3 Å². The number of piperazine rings is 1. The fourth-order valence-electron chi connectivity index (χ4n) is 3.69. The van der Waals surface area contributed by atoms with Gasteiger partial charge in [0, 0.05) is 50.9 Å². The fourth-order valence-corrected chi connectivity index (χ4v) is 3.91. The molecule has 1 N–H and O–H groups in total. The lowest BCUT2D eigenvalue weighted by molar-refractivity contribution is 0.0743. The number of carbonyl (C=O) groups is 1. The fraction of sp³-hybridized carbons (Fsp3) is 0.421. The highest BCUT2D eigenvalue weighted by Gasteiger charge is 2.32. The van der Waals surface area contributed by atoms with Gasteiger partial charge < -0.3 is 14.6 Å². The minimum atomic E-state index is -0.0315. The van der Waals surface area contributed by atoms with Gasteiger partial charge >= 0.3 is 0 Å². The number of furan rings is 1. The molecule has 1 amide bonds. The second-order valence-electron chi connectivity index (χ2n) is 6.62. The van der Waals surface area contributed by atoms with Crippen molar-refractivity contribution in [2.75, 3.05) is 39.3 Å². The van der Waals surface area contributed by atoms with Crippen LogP contribution in [0.3, 0.4) is 0 Å². The van der Waals surface area contributed by atoms with E-state index in [0.717, 1.165) is 51.3 Å². The van der Waals surface area contributed by atoms with Crippen LogP contribution in [0.5, 0.6) is 0 Å². The van der Waals surface area contributed by atoms with Crippen LogP contribution in [-0.2, 0) is 0 Å². The predicted molar refractivity (Wildman–Crippen MR) is 97.9 cm³/mol. The SMILES string of the molecule is O=C(c1ccc(-c2ccccc2Cl)o1)N1CCC(N2CCNCC2)C1. The van der Waals surface area contributed by atoms with Crippen LogP contribution in [0.15, 0.2) is 40.8 Å². The Balaban J connectivity index is 1.44. The van der Waals surface area contributed by atoms with Crippen molar-refractivity contribution in [3.05, 3.63) is 47.2 Å². The summed E-state index contributed by atoms with van der Waals surface area (Å²) in [5.41, 5.74) is 0.809. The number of halogens is 1. The average molecular weight is 360 g/mol. The summed E-state index contributed by atoms with van der Waals surface area (Å²) >= 11 is 6.21. The summed E-state index contributed by atoms with van der Waals surface area (Å²) in [5, 5.41) is 3.99. The molecule has 1 unspecified atom stereocenters. The smallest absolute Gasteiger partial charge is 0.289 e. The molecule has 2 fully saturated rings. The van der Waals surface area contributed by atoms with Crippen LogP contribution in [0.25, 0.3) is 11.3 Å². The van der Waals surface area contributed by atoms with Crippen molar-refractivity contribution in [2.45, 2.75) is 12.5 Å². The van der Waals surface area contributed by atoms with E-state index in [2.05, 4.69) is 10.2 Å². The normalized spacial score (nSPS) is 21.6. The molecule has 1 aromatic heterocycles. The maximum Gasteiger partial charge on any atom is 0.289 e. The molecule has 1 aromatic carbocycles. The lowest BCUT2D eigenvalue weighted by Gasteiger charge is -2.32. The molecule has 2 aliphatic rings. The summed E-state index contributed by atoms with van der Waals surface area (Å²) in [4.78, 5) is 17.2. The maximum atomic E-state index is 12.8. The van der Waals surface area contributed by atoms with E-state index < -0.39 is 0 Å². The molecule has 4 rings (SSSR count). The third kappa shape index (κ3) is 3.45. The Morgan fingerprint density at radius 3 is 2.72 bits per heavy atom. The molecule has 0 bridgehead atoms. The second-order valence-corrected chi connectivity index (χ2v) is 7.03. The third-order valence-corrected chi connectivity index (χ3v) is 5.40. The van der Waals surface area contributed by atoms with Crippen molar-refractivity contribution in [2.24, 2.45) is 0 Å². The van der Waals surface area contributed by atoms with E-state index in [1.165, 1.54) is 0 Å². The first kappa shape index (κ1) is 16.6. The van der Waals surface area contributed by atoms with Crippen LogP contribution in [0.4, 0.5) is 0 Å². The quantitative estimate of drug-likeness (QED) is 0.915. The Bertz CT molecular complexity index is 755. The summed E-state index contributed by atoms with van der Waals surface area (Å²) in [5.74, 6) is 0.985. The average Bonchev–Trinajstić information content (AvgIpc) is 3.32. The van der Waals surface area contributed by atoms with Gasteiger partial charge in [0.2, 0.25) is 0 Å². The minimum Gasteiger partial charge on any atom is -0.451 e. The van der Waals surface area contributed by atoms with E-state index in [1.54, 1.807) is 6.07 Å². The van der Waals surface area contributed by atoms with E-state index in [9.17, 15) is 4.79 Å². The summed E-state index contributed by atoms with van der Waals surface area (Å²) in [6.07, 6.45) is 1.03. The summed E-state index contributed by atoms with van der Waals surface area (Å²) < 4.78 is 5.81. The minimum absolute atomic E-state index is 0.0315. The Hall–Kier alpha value is -1.82. The standard InChI is InChI=1S/C19H22ClN3O2/c20-16-4-2-1-3-15(16)17-5-6-18(25-17)19(24)23-10-7-14(13-23)22-11-8-21-9-12-22/h1-6,14,21H,7-13H2. The van der Waals surface area contributed by atoms with Crippen LogP contribution in [0.2, 0.25) is 5.02 Å². The number of nitrogens with zero attached hydrogens (tertiary/aromatic N) is 2. The molecule has 5 nitrogen and oxygen atoms in total. The van der Waals surface area contributed by atoms with Crippen LogP contribution < -0.4 is 5.32 Å². The Morgan fingerprint density at radius 2 is 1.92 bits per heavy atom. The van der Waals surface area contributed by atoms with Crippen LogP contribution in [0, 0.1) is 0 Å². The first-order chi connectivity index (χ1) is 12.2. The lowest BCUT2D eigenvalue weighted by atomic mass is 10.2. The van der Waals surface area contributed by atoms with Gasteiger partial charge in [0.25, 0.3) is 5.91 Å². The lowest BCUT2D eigenvalue weighted by Crippen LogP contribution is -2.49. The Labute approximate surface area is 152 Å². The monoisotopic (exact) mass is 359 g/mol. The molecule has 1 atom stereocenters. The molecule has 0 spiro atoms. The molecule has 0 saturated carbocycles. The molecule has 6 heteroatoms. The van der Waals surface area contributed by atoms with Crippen LogP contribution in [-0.4, -0.2) is 61.0 Å². The van der Waals surface area contributed by atoms with E-state index in [-0.39, 0.29) is 5.91 Å². The second kappa shape index (κ2) is 7.20. The van der Waals surface area contributed by atoms with Gasteiger partial charge in [-0.25, -0.2) is 0 Å². The van der Waals surface area contributed by atoms with Crippen molar-refractivity contribution in [1.82, 2.24) is 15.1 Å². The molecule has 2 aromatic rings. The van der Waals surface area contributed by atoms with Gasteiger partial charge in [-0.05, 0) is 30.7 Å². The zero-order chi connectivity index (χ0) is 17.2. The van der Waals surface area contributed by atoms with Gasteiger partial charge in [0.15, 0.2) is 5.76 Å². The van der Waals surface area contributed by atoms with Gasteiger partial charge in [0.1, 0.15) is 5.76 Å². The number of nitrogens with one attached hydrogen (secondary N) is 1. The molecule has 132 valence electrons. The molecule has 2 aliphatic heterocycles. The maximum absolute atomic E-state index is 12.8. The summed E-state index contributed by atoms with van der Waals surface area (Å²) in [7, 11) is 0. The molecule has 3 heterocycles. The van der Waals surface area contributed by atoms with Gasteiger partial charge in [-0.1, -0.05) is 23.7 Å². The molecular weight excluding hydrogens is 338 g/mol. The summed E-state index contributed by atoms with van der Waals surface area (Å²) in [6, 6.07) is 11.5. The van der Waals surface area contributed by atoms with Crippen molar-refractivity contribution in [1.29, 1.82) is 0 Å². The van der Waals surface area contributed by atoms with Crippen molar-refractivity contribution in [3.63, 3.8) is 0 Å². The van der Waals surface area contributed by atoms with E-state index in [0.29, 0.717) is 22.6 Å². The number of hydrogen-bond acceptors (Lipinski definition) is 4. The number of carbonyl (C=O) groups excluding carboxylic acids is 1. The number of amides is 1. The predicted octanol–water partition coefficient (Wildman–Crippen LogP) is 2.72. The number of hydrogen-bond donors (Lipinski definition) is 1. The Morgan fingerprint density at radius 1 is 1.12 bits per heavy atom. The van der Waals surface area contributed by atoms with Gasteiger partial charge in [-0.15, -0.1) is 0 Å². The van der Waals surface area contributed by atoms with Crippen LogP contribution >= 0.6 is 11.6 Å². The topological polar surface area (TPSA) is 48.7 Å². The Kier molecular flexibility index (Phi) is 4.79. The molecule has 25 heavy (non-hydrogen) atoms. The molecule has 2 saturated heterocycles. The largest absolute Gasteiger partial charge is 0.451 e. The zero-order valence-electron chi connectivity index (χ0n) is 14.1. The highest BCUT2D eigenvalue weighted by molar-refractivity contribution is 6.33. The van der Waals surface area contributed by atoms with Gasteiger partial charge in [-0.3, -0.25) is 9.69 Å². The first-order valence-electron chi connectivity index (χ1n) is 8.81. The number of rotatable bonds is 3. The zero-order valence-corrected chi connectivity index (χ0v) is 14.8. The first-order valence-corrected chi connectivity index (χ1v) is 9.19. The van der Waals surface area contributed by atoms with Gasteiger partial charge in [-0.2, -0.15) is 0 Å². The van der Waals surface area contributed by atoms with Crippen molar-refractivity contribution >= 4 is 17.5 Å². The highest BCUT2D eigenvalue weighted by atomic mass is 35.5. The van der Waals surface area contributed by atoms with Gasteiger partial charge in [0.05, 0.1) is 5.02 Å². The van der Waals surface area contributed by atoms with Crippen LogP contribution in [0.1, 0.15) is 17.0 Å². The summed E-state index contributed by atoms with van der Waals surface area (Å²) in [6.45, 7) is 5.75. The van der Waals surface area contributed by atoms with E-state index in [4.69, 9.17) is 16.0 Å². The van der Waals surface area contributed by atoms with Crippen molar-refractivity contribution < 1.29 is 9.21 Å². The highest BCUT2D eigenvalue weighted by Crippen LogP contribution is 2.30. The van der Waals surface area contributed by atoms with E-state index >= 15 is 0 Å².